The molecule has 0 spiro atoms. The Balaban J connectivity index is 1.50. The number of aromatic nitrogens is 1. The van der Waals surface area contributed by atoms with Gasteiger partial charge >= 0.3 is 0 Å². The number of para-hydroxylation sites is 1. The van der Waals surface area contributed by atoms with Crippen molar-refractivity contribution >= 4 is 28.4 Å². The monoisotopic (exact) mass is 477 g/mol. The Bertz CT molecular complexity index is 1180. The van der Waals surface area contributed by atoms with Crippen LogP contribution in [0.25, 0.3) is 10.9 Å². The lowest BCUT2D eigenvalue weighted by atomic mass is 10.1. The molecule has 2 aromatic heterocycles. The van der Waals surface area contributed by atoms with Gasteiger partial charge in [0.1, 0.15) is 5.76 Å². The fraction of sp³-hybridized carbons (Fsp3) is 0.321. The molecule has 0 aliphatic rings. The van der Waals surface area contributed by atoms with E-state index in [9.17, 15) is 4.79 Å². The van der Waals surface area contributed by atoms with Crippen molar-refractivity contribution < 1.29 is 9.21 Å². The highest BCUT2D eigenvalue weighted by Gasteiger charge is 2.20. The molecule has 0 aliphatic heterocycles. The van der Waals surface area contributed by atoms with Crippen LogP contribution in [0.4, 0.5) is 0 Å². The van der Waals surface area contributed by atoms with Crippen molar-refractivity contribution in [1.29, 1.82) is 0 Å². The average Bonchev–Trinajstić information content (AvgIpc) is 3.47. The summed E-state index contributed by atoms with van der Waals surface area (Å²) in [5.41, 5.74) is 3.41. The van der Waals surface area contributed by atoms with Crippen molar-refractivity contribution in [2.45, 2.75) is 33.4 Å². The molecule has 0 unspecified atom stereocenters. The third-order valence-corrected chi connectivity index (χ3v) is 6.16. The zero-order valence-corrected chi connectivity index (χ0v) is 20.6. The largest absolute Gasteiger partial charge is 0.468 e. The van der Waals surface area contributed by atoms with Crippen LogP contribution in [-0.2, 0) is 24.3 Å². The summed E-state index contributed by atoms with van der Waals surface area (Å²) in [5.74, 6) is 1.43. The summed E-state index contributed by atoms with van der Waals surface area (Å²) in [6.07, 6.45) is 4.52. The van der Waals surface area contributed by atoms with Gasteiger partial charge in [-0.2, -0.15) is 0 Å². The third-order valence-electron chi connectivity index (χ3n) is 5.91. The standard InChI is InChI=1S/C28H32ClN3O2/c1-21(2)17-31(19-25-6-5-15-34-25)20-28(33)32(18-22-9-11-24(29)12-10-22)14-13-23-16-30-27-8-4-3-7-26(23)27/h3-12,15-16,21,30H,13-14,17-20H2,1-2H3. The highest BCUT2D eigenvalue weighted by atomic mass is 35.5. The van der Waals surface area contributed by atoms with E-state index in [0.29, 0.717) is 37.1 Å². The van der Waals surface area contributed by atoms with E-state index in [2.05, 4.69) is 48.1 Å². The van der Waals surface area contributed by atoms with Crippen LogP contribution in [0.5, 0.6) is 0 Å². The second-order valence-corrected chi connectivity index (χ2v) is 9.63. The molecule has 0 aliphatic carbocycles. The summed E-state index contributed by atoms with van der Waals surface area (Å²) in [5, 5.41) is 1.91. The molecule has 178 valence electrons. The SMILES string of the molecule is CC(C)CN(CC(=O)N(CCc1c[nH]c2ccccc12)Cc1ccc(Cl)cc1)Cc1ccco1. The first-order chi connectivity index (χ1) is 16.5. The summed E-state index contributed by atoms with van der Waals surface area (Å²) >= 11 is 6.08. The third kappa shape index (κ3) is 6.52. The fourth-order valence-electron chi connectivity index (χ4n) is 4.31. The lowest BCUT2D eigenvalue weighted by molar-refractivity contribution is -0.133. The lowest BCUT2D eigenvalue weighted by Crippen LogP contribution is -2.41. The maximum atomic E-state index is 13.6. The number of hydrogen-bond acceptors (Lipinski definition) is 3. The van der Waals surface area contributed by atoms with E-state index < -0.39 is 0 Å². The van der Waals surface area contributed by atoms with Gasteiger partial charge in [-0.1, -0.05) is 55.8 Å². The Labute approximate surface area is 206 Å². The van der Waals surface area contributed by atoms with Crippen LogP contribution in [-0.4, -0.2) is 40.3 Å². The number of aromatic amines is 1. The molecule has 2 heterocycles. The van der Waals surface area contributed by atoms with Crippen molar-refractivity contribution in [3.05, 3.63) is 95.0 Å². The van der Waals surface area contributed by atoms with Gasteiger partial charge in [0.05, 0.1) is 19.4 Å². The van der Waals surface area contributed by atoms with Crippen molar-refractivity contribution in [2.24, 2.45) is 5.92 Å². The van der Waals surface area contributed by atoms with Gasteiger partial charge in [-0.25, -0.2) is 0 Å². The fourth-order valence-corrected chi connectivity index (χ4v) is 4.44. The quantitative estimate of drug-likeness (QED) is 0.282. The van der Waals surface area contributed by atoms with E-state index in [4.69, 9.17) is 16.0 Å². The molecule has 0 saturated carbocycles. The highest BCUT2D eigenvalue weighted by Crippen LogP contribution is 2.19. The van der Waals surface area contributed by atoms with Crippen LogP contribution in [0.1, 0.15) is 30.7 Å². The number of fused-ring (bicyclic) bond motifs is 1. The summed E-state index contributed by atoms with van der Waals surface area (Å²) < 4.78 is 5.55. The van der Waals surface area contributed by atoms with E-state index in [1.807, 2.05) is 47.4 Å². The van der Waals surface area contributed by atoms with Crippen LogP contribution in [0, 0.1) is 5.92 Å². The molecule has 0 radical (unpaired) electrons. The van der Waals surface area contributed by atoms with Crippen molar-refractivity contribution in [2.75, 3.05) is 19.6 Å². The van der Waals surface area contributed by atoms with Gasteiger partial charge in [-0.05, 0) is 53.8 Å². The molecule has 6 heteroatoms. The summed E-state index contributed by atoms with van der Waals surface area (Å²) in [7, 11) is 0. The van der Waals surface area contributed by atoms with E-state index in [-0.39, 0.29) is 5.91 Å². The van der Waals surface area contributed by atoms with Crippen LogP contribution < -0.4 is 0 Å². The summed E-state index contributed by atoms with van der Waals surface area (Å²) in [6.45, 7) is 7.32. The Morgan fingerprint density at radius 3 is 2.56 bits per heavy atom. The minimum atomic E-state index is 0.113. The van der Waals surface area contributed by atoms with E-state index in [1.165, 1.54) is 10.9 Å². The smallest absolute Gasteiger partial charge is 0.237 e. The highest BCUT2D eigenvalue weighted by molar-refractivity contribution is 6.30. The summed E-state index contributed by atoms with van der Waals surface area (Å²) in [4.78, 5) is 21.0. The van der Waals surface area contributed by atoms with Crippen molar-refractivity contribution in [1.82, 2.24) is 14.8 Å². The molecule has 1 amide bonds. The molecule has 1 N–H and O–H groups in total. The first-order valence-electron chi connectivity index (χ1n) is 11.8. The van der Waals surface area contributed by atoms with Gasteiger partial charge in [0, 0.05) is 41.8 Å². The number of carbonyl (C=O) groups excluding carboxylic acids is 1. The van der Waals surface area contributed by atoms with Crippen LogP contribution in [0.15, 0.2) is 77.5 Å². The minimum Gasteiger partial charge on any atom is -0.468 e. The first-order valence-corrected chi connectivity index (χ1v) is 12.2. The first kappa shape index (κ1) is 24.1. The normalized spacial score (nSPS) is 11.6. The zero-order valence-electron chi connectivity index (χ0n) is 19.8. The molecule has 0 bridgehead atoms. The number of halogens is 1. The molecule has 5 nitrogen and oxygen atoms in total. The second kappa shape index (κ2) is 11.4. The van der Waals surface area contributed by atoms with Crippen LogP contribution in [0.3, 0.4) is 0 Å². The molecular weight excluding hydrogens is 446 g/mol. The number of nitrogens with zero attached hydrogens (tertiary/aromatic N) is 2. The molecule has 34 heavy (non-hydrogen) atoms. The topological polar surface area (TPSA) is 52.5 Å². The van der Waals surface area contributed by atoms with Crippen LogP contribution in [0.2, 0.25) is 5.02 Å². The predicted molar refractivity (Wildman–Crippen MR) is 138 cm³/mol. The number of nitrogens with one attached hydrogen (secondary N) is 1. The molecule has 0 atom stereocenters. The molecule has 4 rings (SSSR count). The van der Waals surface area contributed by atoms with E-state index in [0.717, 1.165) is 29.8 Å². The number of carbonyl (C=O) groups is 1. The number of amides is 1. The molecule has 0 fully saturated rings. The zero-order chi connectivity index (χ0) is 23.9. The maximum Gasteiger partial charge on any atom is 0.237 e. The number of H-pyrrole nitrogens is 1. The Morgan fingerprint density at radius 1 is 1.03 bits per heavy atom. The average molecular weight is 478 g/mol. The molecule has 4 aromatic rings. The lowest BCUT2D eigenvalue weighted by Gasteiger charge is -2.28. The maximum absolute atomic E-state index is 13.6. The van der Waals surface area contributed by atoms with Crippen molar-refractivity contribution in [3.8, 4) is 0 Å². The van der Waals surface area contributed by atoms with Gasteiger partial charge in [-0.3, -0.25) is 9.69 Å². The summed E-state index contributed by atoms with van der Waals surface area (Å²) in [6, 6.07) is 19.9. The molecular formula is C28H32ClN3O2. The van der Waals surface area contributed by atoms with Crippen molar-refractivity contribution in [3.63, 3.8) is 0 Å². The van der Waals surface area contributed by atoms with Gasteiger partial charge in [0.2, 0.25) is 5.91 Å². The van der Waals surface area contributed by atoms with Gasteiger partial charge < -0.3 is 14.3 Å². The predicted octanol–water partition coefficient (Wildman–Crippen LogP) is 6.14. The van der Waals surface area contributed by atoms with Gasteiger partial charge in [0.25, 0.3) is 0 Å². The van der Waals surface area contributed by atoms with Crippen LogP contribution >= 0.6 is 11.6 Å². The van der Waals surface area contributed by atoms with Gasteiger partial charge in [-0.15, -0.1) is 0 Å². The Kier molecular flexibility index (Phi) is 8.09. The van der Waals surface area contributed by atoms with Gasteiger partial charge in [0.15, 0.2) is 0 Å². The molecule has 0 saturated heterocycles. The Morgan fingerprint density at radius 2 is 1.82 bits per heavy atom. The Hall–Kier alpha value is -3.02. The minimum absolute atomic E-state index is 0.113. The van der Waals surface area contributed by atoms with E-state index in [1.54, 1.807) is 6.26 Å². The second-order valence-electron chi connectivity index (χ2n) is 9.19. The number of furan rings is 1. The number of benzene rings is 2. The number of hydrogen-bond donors (Lipinski definition) is 1. The number of rotatable bonds is 11. The van der Waals surface area contributed by atoms with E-state index >= 15 is 0 Å². The molecule has 2 aromatic carbocycles.